The van der Waals surface area contributed by atoms with Gasteiger partial charge in [-0.25, -0.2) is 13.1 Å². The van der Waals surface area contributed by atoms with Crippen LogP contribution in [0.15, 0.2) is 59.6 Å². The summed E-state index contributed by atoms with van der Waals surface area (Å²) in [7, 11) is -3.70. The Morgan fingerprint density at radius 3 is 2.62 bits per heavy atom. The molecule has 0 aliphatic carbocycles. The quantitative estimate of drug-likeness (QED) is 0.594. The van der Waals surface area contributed by atoms with Crippen LogP contribution in [-0.4, -0.2) is 32.4 Å². The van der Waals surface area contributed by atoms with Gasteiger partial charge in [0.2, 0.25) is 15.9 Å². The summed E-state index contributed by atoms with van der Waals surface area (Å²) in [6.07, 6.45) is 2.60. The number of hydrogen-bond acceptors (Lipinski definition) is 3. The minimum absolute atomic E-state index is 0.187. The van der Waals surface area contributed by atoms with Gasteiger partial charge < -0.3 is 10.3 Å². The molecule has 0 radical (unpaired) electrons. The molecule has 1 heterocycles. The summed E-state index contributed by atoms with van der Waals surface area (Å²) < 4.78 is 26.9. The highest BCUT2D eigenvalue weighted by atomic mass is 32.2. The van der Waals surface area contributed by atoms with Gasteiger partial charge in [0.25, 0.3) is 0 Å². The lowest BCUT2D eigenvalue weighted by atomic mass is 10.1. The highest BCUT2D eigenvalue weighted by Crippen LogP contribution is 2.17. The van der Waals surface area contributed by atoms with E-state index in [1.165, 1.54) is 6.07 Å². The summed E-state index contributed by atoms with van der Waals surface area (Å²) in [5, 5.41) is 3.87. The zero-order chi connectivity index (χ0) is 18.6. The monoisotopic (exact) mass is 371 g/mol. The summed E-state index contributed by atoms with van der Waals surface area (Å²) in [5.41, 5.74) is 2.81. The summed E-state index contributed by atoms with van der Waals surface area (Å²) in [5.74, 6) is -0.359. The first kappa shape index (κ1) is 18.2. The number of sulfonamides is 1. The van der Waals surface area contributed by atoms with Crippen LogP contribution in [0.2, 0.25) is 0 Å². The van der Waals surface area contributed by atoms with E-state index in [4.69, 9.17) is 0 Å². The van der Waals surface area contributed by atoms with Gasteiger partial charge in [-0.15, -0.1) is 0 Å². The molecule has 1 aromatic heterocycles. The predicted molar refractivity (Wildman–Crippen MR) is 101 cm³/mol. The minimum Gasteiger partial charge on any atom is -0.361 e. The van der Waals surface area contributed by atoms with Crippen LogP contribution in [0.1, 0.15) is 11.1 Å². The second-order valence-corrected chi connectivity index (χ2v) is 7.78. The van der Waals surface area contributed by atoms with E-state index in [0.29, 0.717) is 18.5 Å². The Bertz CT molecular complexity index is 1030. The number of carbonyl (C=O) groups excluding carboxylic acids is 1. The summed E-state index contributed by atoms with van der Waals surface area (Å²) in [6.45, 7) is 1.87. The third-order valence-electron chi connectivity index (χ3n) is 4.20. The molecule has 0 saturated carbocycles. The second kappa shape index (κ2) is 7.72. The summed E-state index contributed by atoms with van der Waals surface area (Å²) in [6, 6.07) is 14.6. The number of para-hydroxylation sites is 1. The zero-order valence-electron chi connectivity index (χ0n) is 14.5. The predicted octanol–water partition coefficient (Wildman–Crippen LogP) is 2.11. The van der Waals surface area contributed by atoms with Crippen LogP contribution in [0.4, 0.5) is 0 Å². The molecular formula is C19H21N3O3S. The molecule has 26 heavy (non-hydrogen) atoms. The number of amides is 1. The Morgan fingerprint density at radius 2 is 1.81 bits per heavy atom. The molecule has 0 spiro atoms. The molecule has 136 valence electrons. The van der Waals surface area contributed by atoms with Gasteiger partial charge in [-0.1, -0.05) is 36.4 Å². The maximum Gasteiger partial charge on any atom is 0.241 e. The van der Waals surface area contributed by atoms with Gasteiger partial charge in [0.1, 0.15) is 0 Å². The van der Waals surface area contributed by atoms with Crippen molar-refractivity contribution >= 4 is 26.8 Å². The molecule has 0 aliphatic heterocycles. The van der Waals surface area contributed by atoms with Gasteiger partial charge in [-0.05, 0) is 36.6 Å². The van der Waals surface area contributed by atoms with Gasteiger partial charge in [0.15, 0.2) is 0 Å². The van der Waals surface area contributed by atoms with Crippen molar-refractivity contribution in [2.24, 2.45) is 0 Å². The maximum atomic E-state index is 12.3. The minimum atomic E-state index is -3.70. The molecule has 6 nitrogen and oxygen atoms in total. The first-order valence-electron chi connectivity index (χ1n) is 8.34. The van der Waals surface area contributed by atoms with Gasteiger partial charge in [-0.3, -0.25) is 4.79 Å². The van der Waals surface area contributed by atoms with Gasteiger partial charge in [-0.2, -0.15) is 0 Å². The van der Waals surface area contributed by atoms with Crippen molar-refractivity contribution in [3.8, 4) is 0 Å². The van der Waals surface area contributed by atoms with Crippen LogP contribution in [-0.2, 0) is 21.2 Å². The van der Waals surface area contributed by atoms with Crippen molar-refractivity contribution in [2.45, 2.75) is 18.2 Å². The fraction of sp³-hybridized carbons (Fsp3) is 0.211. The summed E-state index contributed by atoms with van der Waals surface area (Å²) in [4.78, 5) is 15.3. The standard InChI is InChI=1S/C19H21N3O3S/c1-14-6-2-5-9-18(14)26(24,25)22-13-19(23)20-11-10-15-12-21-17-8-4-3-7-16(15)17/h2-9,12,21-22H,10-11,13H2,1H3,(H,20,23). The summed E-state index contributed by atoms with van der Waals surface area (Å²) >= 11 is 0. The molecule has 3 rings (SSSR count). The number of aromatic amines is 1. The number of nitrogens with one attached hydrogen (secondary N) is 3. The number of rotatable bonds is 7. The average Bonchev–Trinajstić information content (AvgIpc) is 3.04. The lowest BCUT2D eigenvalue weighted by Gasteiger charge is -2.09. The molecule has 3 N–H and O–H groups in total. The maximum absolute atomic E-state index is 12.3. The Balaban J connectivity index is 1.51. The lowest BCUT2D eigenvalue weighted by Crippen LogP contribution is -2.37. The molecule has 2 aromatic carbocycles. The average molecular weight is 371 g/mol. The number of aryl methyl sites for hydroxylation is 1. The Hall–Kier alpha value is -2.64. The topological polar surface area (TPSA) is 91.1 Å². The van der Waals surface area contributed by atoms with Gasteiger partial charge in [0.05, 0.1) is 11.4 Å². The van der Waals surface area contributed by atoms with Crippen molar-refractivity contribution in [2.75, 3.05) is 13.1 Å². The van der Waals surface area contributed by atoms with Crippen molar-refractivity contribution in [1.82, 2.24) is 15.0 Å². The first-order valence-corrected chi connectivity index (χ1v) is 9.83. The molecule has 7 heteroatoms. The van der Waals surface area contributed by atoms with Gasteiger partial charge >= 0.3 is 0 Å². The molecule has 3 aromatic rings. The lowest BCUT2D eigenvalue weighted by molar-refractivity contribution is -0.119. The first-order chi connectivity index (χ1) is 12.5. The van der Waals surface area contributed by atoms with E-state index < -0.39 is 10.0 Å². The number of fused-ring (bicyclic) bond motifs is 1. The molecule has 0 aliphatic rings. The van der Waals surface area contributed by atoms with E-state index in [9.17, 15) is 13.2 Å². The second-order valence-electron chi connectivity index (χ2n) is 6.05. The number of H-pyrrole nitrogens is 1. The fourth-order valence-electron chi connectivity index (χ4n) is 2.83. The number of aromatic nitrogens is 1. The van der Waals surface area contributed by atoms with Crippen molar-refractivity contribution in [3.63, 3.8) is 0 Å². The third kappa shape index (κ3) is 4.12. The molecular weight excluding hydrogens is 350 g/mol. The molecule has 1 amide bonds. The van der Waals surface area contributed by atoms with E-state index >= 15 is 0 Å². The van der Waals surface area contributed by atoms with Crippen LogP contribution in [0.5, 0.6) is 0 Å². The number of hydrogen-bond donors (Lipinski definition) is 3. The van der Waals surface area contributed by atoms with Crippen LogP contribution < -0.4 is 10.0 Å². The van der Waals surface area contributed by atoms with E-state index in [1.807, 2.05) is 30.5 Å². The Morgan fingerprint density at radius 1 is 1.08 bits per heavy atom. The number of carbonyl (C=O) groups is 1. The Labute approximate surface area is 152 Å². The third-order valence-corrected chi connectivity index (χ3v) is 5.76. The van der Waals surface area contributed by atoms with Crippen LogP contribution in [0, 0.1) is 6.92 Å². The van der Waals surface area contributed by atoms with Gasteiger partial charge in [0, 0.05) is 23.6 Å². The van der Waals surface area contributed by atoms with Crippen molar-refractivity contribution in [3.05, 3.63) is 65.9 Å². The van der Waals surface area contributed by atoms with Crippen molar-refractivity contribution < 1.29 is 13.2 Å². The number of benzene rings is 2. The normalized spacial score (nSPS) is 11.6. The van der Waals surface area contributed by atoms with E-state index in [1.54, 1.807) is 25.1 Å². The SMILES string of the molecule is Cc1ccccc1S(=O)(=O)NCC(=O)NCCc1c[nH]c2ccccc12. The Kier molecular flexibility index (Phi) is 5.39. The molecule has 0 fully saturated rings. The van der Waals surface area contributed by atoms with Crippen LogP contribution in [0.25, 0.3) is 10.9 Å². The molecule has 0 atom stereocenters. The largest absolute Gasteiger partial charge is 0.361 e. The molecule has 0 unspecified atom stereocenters. The highest BCUT2D eigenvalue weighted by Gasteiger charge is 2.17. The zero-order valence-corrected chi connectivity index (χ0v) is 15.3. The van der Waals surface area contributed by atoms with Crippen molar-refractivity contribution in [1.29, 1.82) is 0 Å². The fourth-order valence-corrected chi connectivity index (χ4v) is 4.06. The highest BCUT2D eigenvalue weighted by molar-refractivity contribution is 7.89. The van der Waals surface area contributed by atoms with E-state index in [0.717, 1.165) is 16.5 Å². The molecule has 0 bridgehead atoms. The van der Waals surface area contributed by atoms with Crippen LogP contribution >= 0.6 is 0 Å². The smallest absolute Gasteiger partial charge is 0.241 e. The van der Waals surface area contributed by atoms with E-state index in [-0.39, 0.29) is 17.3 Å². The molecule has 0 saturated heterocycles. The van der Waals surface area contributed by atoms with Crippen LogP contribution in [0.3, 0.4) is 0 Å². The van der Waals surface area contributed by atoms with E-state index in [2.05, 4.69) is 15.0 Å².